The van der Waals surface area contributed by atoms with Crippen LogP contribution in [-0.4, -0.2) is 0 Å². The van der Waals surface area contributed by atoms with E-state index in [1.807, 2.05) is 0 Å². The van der Waals surface area contributed by atoms with Gasteiger partial charge < -0.3 is 11.5 Å². The first-order chi connectivity index (χ1) is 23.6. The van der Waals surface area contributed by atoms with Gasteiger partial charge in [0.1, 0.15) is 0 Å². The van der Waals surface area contributed by atoms with Crippen molar-refractivity contribution in [3.05, 3.63) is 130 Å². The Labute approximate surface area is 293 Å². The highest BCUT2D eigenvalue weighted by Gasteiger charge is 2.16. The fraction of sp³-hybridized carbons (Fsp3) is 0.478. The standard InChI is InChI=1S/C46H64N2/c1-3-5-7-9-11-13-15-17-45(41-29-33-43(47)34-30-41)39-25-21-37(22-26-39)19-20-38-23-27-40(28-24-38)46(42-31-35-44(48)36-32-42)18-16-14-12-10-8-6-4-2/h21-36,45-46H,3-20,47-48H2,1-2H3. The molecule has 4 rings (SSSR count). The first-order valence-electron chi connectivity index (χ1n) is 19.5. The number of unbranched alkanes of at least 4 members (excludes halogenated alkanes) is 12. The molecule has 48 heavy (non-hydrogen) atoms. The van der Waals surface area contributed by atoms with E-state index in [9.17, 15) is 0 Å². The van der Waals surface area contributed by atoms with Gasteiger partial charge in [-0.3, -0.25) is 0 Å². The molecule has 2 atom stereocenters. The Morgan fingerprint density at radius 2 is 0.625 bits per heavy atom. The third kappa shape index (κ3) is 12.8. The number of benzene rings is 4. The molecule has 0 spiro atoms. The zero-order valence-corrected chi connectivity index (χ0v) is 30.3. The van der Waals surface area contributed by atoms with Crippen LogP contribution < -0.4 is 11.5 Å². The van der Waals surface area contributed by atoms with E-state index in [1.165, 1.54) is 136 Å². The number of hydrogen-bond acceptors (Lipinski definition) is 2. The fourth-order valence-electron chi connectivity index (χ4n) is 7.24. The molecule has 0 aromatic heterocycles. The minimum absolute atomic E-state index is 0.429. The van der Waals surface area contributed by atoms with Gasteiger partial charge in [-0.15, -0.1) is 0 Å². The summed E-state index contributed by atoms with van der Waals surface area (Å²) in [6, 6.07) is 36.1. The molecule has 0 amide bonds. The highest BCUT2D eigenvalue weighted by atomic mass is 14.5. The van der Waals surface area contributed by atoms with Crippen molar-refractivity contribution in [2.24, 2.45) is 0 Å². The summed E-state index contributed by atoms with van der Waals surface area (Å²) in [5.74, 6) is 0.857. The van der Waals surface area contributed by atoms with Crippen molar-refractivity contribution in [1.82, 2.24) is 0 Å². The van der Waals surface area contributed by atoms with Gasteiger partial charge in [-0.1, -0.05) is 177 Å². The van der Waals surface area contributed by atoms with Crippen LogP contribution in [0.3, 0.4) is 0 Å². The number of anilines is 2. The molecular formula is C46H64N2. The quantitative estimate of drug-likeness (QED) is 0.0623. The largest absolute Gasteiger partial charge is 0.399 e. The van der Waals surface area contributed by atoms with E-state index in [4.69, 9.17) is 11.5 Å². The maximum atomic E-state index is 6.04. The van der Waals surface area contributed by atoms with Gasteiger partial charge in [0, 0.05) is 23.2 Å². The SMILES string of the molecule is CCCCCCCCCC(c1ccc(N)cc1)c1ccc(CCc2ccc(C(CCCCCCCCC)c3ccc(N)cc3)cc2)cc1. The highest BCUT2D eigenvalue weighted by molar-refractivity contribution is 5.44. The van der Waals surface area contributed by atoms with Crippen molar-refractivity contribution in [3.8, 4) is 0 Å². The Morgan fingerprint density at radius 3 is 0.938 bits per heavy atom. The smallest absolute Gasteiger partial charge is 0.0314 e. The van der Waals surface area contributed by atoms with Crippen LogP contribution >= 0.6 is 0 Å². The second kappa shape index (κ2) is 21.5. The Balaban J connectivity index is 1.33. The Kier molecular flexibility index (Phi) is 16.7. The Bertz CT molecular complexity index is 1280. The third-order valence-electron chi connectivity index (χ3n) is 10.3. The second-order valence-electron chi connectivity index (χ2n) is 14.2. The average Bonchev–Trinajstić information content (AvgIpc) is 3.11. The van der Waals surface area contributed by atoms with Gasteiger partial charge in [0.15, 0.2) is 0 Å². The topological polar surface area (TPSA) is 52.0 Å². The predicted molar refractivity (Wildman–Crippen MR) is 211 cm³/mol. The van der Waals surface area contributed by atoms with Crippen molar-refractivity contribution in [2.75, 3.05) is 11.5 Å². The van der Waals surface area contributed by atoms with E-state index < -0.39 is 0 Å². The summed E-state index contributed by atoms with van der Waals surface area (Å²) in [6.07, 6.45) is 23.3. The fourth-order valence-corrected chi connectivity index (χ4v) is 7.24. The van der Waals surface area contributed by atoms with E-state index in [1.54, 1.807) is 0 Å². The minimum atomic E-state index is 0.429. The van der Waals surface area contributed by atoms with Crippen LogP contribution in [0.5, 0.6) is 0 Å². The van der Waals surface area contributed by atoms with E-state index in [2.05, 4.69) is 111 Å². The lowest BCUT2D eigenvalue weighted by molar-refractivity contribution is 0.558. The molecule has 0 radical (unpaired) electrons. The summed E-state index contributed by atoms with van der Waals surface area (Å²) < 4.78 is 0. The summed E-state index contributed by atoms with van der Waals surface area (Å²) in [5.41, 5.74) is 22.2. The predicted octanol–water partition coefficient (Wildman–Crippen LogP) is 13.2. The summed E-state index contributed by atoms with van der Waals surface area (Å²) in [5, 5.41) is 0. The highest BCUT2D eigenvalue weighted by Crippen LogP contribution is 2.33. The zero-order valence-electron chi connectivity index (χ0n) is 30.3. The van der Waals surface area contributed by atoms with Crippen LogP contribution in [0.2, 0.25) is 0 Å². The number of hydrogen-bond donors (Lipinski definition) is 2. The Hall–Kier alpha value is -3.52. The van der Waals surface area contributed by atoms with Crippen LogP contribution in [0.25, 0.3) is 0 Å². The summed E-state index contributed by atoms with van der Waals surface area (Å²) in [4.78, 5) is 0. The van der Waals surface area contributed by atoms with Crippen molar-refractivity contribution in [2.45, 2.75) is 141 Å². The molecule has 4 aromatic rings. The molecule has 2 heteroatoms. The van der Waals surface area contributed by atoms with Crippen LogP contribution in [0, 0.1) is 0 Å². The van der Waals surface area contributed by atoms with Crippen LogP contribution in [-0.2, 0) is 12.8 Å². The van der Waals surface area contributed by atoms with Gasteiger partial charge >= 0.3 is 0 Å². The van der Waals surface area contributed by atoms with Crippen molar-refractivity contribution in [1.29, 1.82) is 0 Å². The summed E-state index contributed by atoms with van der Waals surface area (Å²) >= 11 is 0. The lowest BCUT2D eigenvalue weighted by atomic mass is 9.85. The molecule has 2 unspecified atom stereocenters. The van der Waals surface area contributed by atoms with Crippen molar-refractivity contribution in [3.63, 3.8) is 0 Å². The minimum Gasteiger partial charge on any atom is -0.399 e. The van der Waals surface area contributed by atoms with Crippen LogP contribution in [0.4, 0.5) is 11.4 Å². The average molecular weight is 645 g/mol. The monoisotopic (exact) mass is 645 g/mol. The maximum Gasteiger partial charge on any atom is 0.0314 e. The third-order valence-corrected chi connectivity index (χ3v) is 10.3. The zero-order chi connectivity index (χ0) is 33.8. The van der Waals surface area contributed by atoms with Crippen LogP contribution in [0.15, 0.2) is 97.1 Å². The molecule has 4 aromatic carbocycles. The lowest BCUT2D eigenvalue weighted by Gasteiger charge is -2.19. The van der Waals surface area contributed by atoms with Gasteiger partial charge in [0.2, 0.25) is 0 Å². The number of aryl methyl sites for hydroxylation is 2. The molecule has 0 aliphatic heterocycles. The normalized spacial score (nSPS) is 12.6. The van der Waals surface area contributed by atoms with Gasteiger partial charge in [0.25, 0.3) is 0 Å². The molecule has 0 saturated heterocycles. The molecule has 0 saturated carbocycles. The molecule has 2 nitrogen and oxygen atoms in total. The number of nitrogens with two attached hydrogens (primary N) is 2. The number of nitrogen functional groups attached to an aromatic ring is 2. The summed E-state index contributed by atoms with van der Waals surface area (Å²) in [7, 11) is 0. The van der Waals surface area contributed by atoms with E-state index >= 15 is 0 Å². The Morgan fingerprint density at radius 1 is 0.354 bits per heavy atom. The lowest BCUT2D eigenvalue weighted by Crippen LogP contribution is -2.03. The first-order valence-corrected chi connectivity index (χ1v) is 19.5. The van der Waals surface area contributed by atoms with Crippen molar-refractivity contribution >= 4 is 11.4 Å². The molecule has 0 aliphatic rings. The van der Waals surface area contributed by atoms with Gasteiger partial charge in [0.05, 0.1) is 0 Å². The first kappa shape index (κ1) is 37.3. The van der Waals surface area contributed by atoms with Crippen molar-refractivity contribution < 1.29 is 0 Å². The molecule has 0 bridgehead atoms. The summed E-state index contributed by atoms with van der Waals surface area (Å²) in [6.45, 7) is 4.58. The van der Waals surface area contributed by atoms with Gasteiger partial charge in [-0.05, 0) is 83.3 Å². The molecule has 4 N–H and O–H groups in total. The molecule has 0 heterocycles. The van der Waals surface area contributed by atoms with Gasteiger partial charge in [-0.2, -0.15) is 0 Å². The van der Waals surface area contributed by atoms with E-state index in [0.717, 1.165) is 24.2 Å². The van der Waals surface area contributed by atoms with E-state index in [-0.39, 0.29) is 0 Å². The molecular weight excluding hydrogens is 581 g/mol. The number of rotatable bonds is 23. The molecule has 258 valence electrons. The molecule has 0 fully saturated rings. The van der Waals surface area contributed by atoms with Gasteiger partial charge in [-0.25, -0.2) is 0 Å². The molecule has 0 aliphatic carbocycles. The maximum absolute atomic E-state index is 6.04. The second-order valence-corrected chi connectivity index (χ2v) is 14.2. The van der Waals surface area contributed by atoms with Crippen LogP contribution in [0.1, 0.15) is 162 Å². The van der Waals surface area contributed by atoms with E-state index in [0.29, 0.717) is 11.8 Å².